The first-order chi connectivity index (χ1) is 9.63. The lowest BCUT2D eigenvalue weighted by molar-refractivity contribution is 0.485. The summed E-state index contributed by atoms with van der Waals surface area (Å²) in [6.45, 7) is 4.84. The first-order valence-electron chi connectivity index (χ1n) is 6.87. The highest BCUT2D eigenvalue weighted by molar-refractivity contribution is 5.19. The van der Waals surface area contributed by atoms with Crippen molar-refractivity contribution in [3.63, 3.8) is 0 Å². The number of rotatable bonds is 6. The summed E-state index contributed by atoms with van der Waals surface area (Å²) in [5.41, 5.74) is 5.56. The zero-order valence-corrected chi connectivity index (χ0v) is 11.9. The highest BCUT2D eigenvalue weighted by atomic mass is 19.1. The van der Waals surface area contributed by atoms with Crippen molar-refractivity contribution < 1.29 is 4.39 Å². The molecule has 0 radical (unpaired) electrons. The van der Waals surface area contributed by atoms with Crippen molar-refractivity contribution in [2.75, 3.05) is 0 Å². The molecule has 5 heteroatoms. The normalized spacial score (nSPS) is 12.6. The summed E-state index contributed by atoms with van der Waals surface area (Å²) >= 11 is 0. The third-order valence-electron chi connectivity index (χ3n) is 3.40. The fraction of sp³-hybridized carbons (Fsp3) is 0.400. The van der Waals surface area contributed by atoms with Crippen LogP contribution < -0.4 is 11.3 Å². The highest BCUT2D eigenvalue weighted by Gasteiger charge is 2.14. The van der Waals surface area contributed by atoms with E-state index in [2.05, 4.69) is 23.5 Å². The molecule has 1 aromatic heterocycles. The van der Waals surface area contributed by atoms with Gasteiger partial charge in [0.2, 0.25) is 0 Å². The topological polar surface area (TPSA) is 55.9 Å². The van der Waals surface area contributed by atoms with E-state index >= 15 is 0 Å². The average Bonchev–Trinajstić information content (AvgIpc) is 2.80. The molecule has 2 aromatic rings. The van der Waals surface area contributed by atoms with Crippen molar-refractivity contribution in [3.8, 4) is 0 Å². The molecule has 0 saturated heterocycles. The van der Waals surface area contributed by atoms with Crippen LogP contribution in [0.2, 0.25) is 0 Å². The zero-order valence-electron chi connectivity index (χ0n) is 11.9. The van der Waals surface area contributed by atoms with Crippen LogP contribution >= 0.6 is 0 Å². The zero-order chi connectivity index (χ0) is 14.5. The Hall–Kier alpha value is -1.72. The summed E-state index contributed by atoms with van der Waals surface area (Å²) in [6.07, 6.45) is 1.27. The minimum Gasteiger partial charge on any atom is -0.271 e. The van der Waals surface area contributed by atoms with E-state index in [9.17, 15) is 4.39 Å². The second-order valence-electron chi connectivity index (χ2n) is 4.96. The largest absolute Gasteiger partial charge is 0.271 e. The molecule has 0 aliphatic heterocycles. The molecule has 0 saturated carbocycles. The molecule has 0 aliphatic rings. The van der Waals surface area contributed by atoms with Crippen molar-refractivity contribution >= 4 is 0 Å². The van der Waals surface area contributed by atoms with Crippen LogP contribution in [0.5, 0.6) is 0 Å². The molecular weight excluding hydrogens is 255 g/mol. The Kier molecular flexibility index (Phi) is 4.87. The van der Waals surface area contributed by atoms with Gasteiger partial charge < -0.3 is 0 Å². The highest BCUT2D eigenvalue weighted by Crippen LogP contribution is 2.13. The lowest BCUT2D eigenvalue weighted by Crippen LogP contribution is -2.39. The van der Waals surface area contributed by atoms with Crippen molar-refractivity contribution in [3.05, 3.63) is 53.1 Å². The van der Waals surface area contributed by atoms with Gasteiger partial charge in [-0.2, -0.15) is 5.10 Å². The molecule has 3 N–H and O–H groups in total. The molecule has 4 nitrogen and oxygen atoms in total. The Morgan fingerprint density at radius 2 is 2.10 bits per heavy atom. The van der Waals surface area contributed by atoms with Crippen LogP contribution in [0.15, 0.2) is 30.3 Å². The number of hydrogen-bond acceptors (Lipinski definition) is 3. The molecule has 0 aliphatic carbocycles. The van der Waals surface area contributed by atoms with Gasteiger partial charge in [-0.25, -0.2) is 4.39 Å². The second-order valence-corrected chi connectivity index (χ2v) is 4.96. The lowest BCUT2D eigenvalue weighted by atomic mass is 10.0. The minimum absolute atomic E-state index is 0.0201. The summed E-state index contributed by atoms with van der Waals surface area (Å²) in [6, 6.07) is 8.83. The second kappa shape index (κ2) is 6.63. The van der Waals surface area contributed by atoms with Crippen LogP contribution in [0.25, 0.3) is 0 Å². The molecule has 2 rings (SSSR count). The van der Waals surface area contributed by atoms with Gasteiger partial charge in [-0.3, -0.25) is 16.0 Å². The molecule has 0 bridgehead atoms. The number of aromatic nitrogens is 2. The Morgan fingerprint density at radius 1 is 1.35 bits per heavy atom. The fourth-order valence-electron chi connectivity index (χ4n) is 2.41. The van der Waals surface area contributed by atoms with E-state index in [-0.39, 0.29) is 11.9 Å². The van der Waals surface area contributed by atoms with Crippen LogP contribution in [0.3, 0.4) is 0 Å². The predicted molar refractivity (Wildman–Crippen MR) is 77.6 cm³/mol. The molecule has 1 unspecified atom stereocenters. The summed E-state index contributed by atoms with van der Waals surface area (Å²) in [5.74, 6) is 5.43. The summed E-state index contributed by atoms with van der Waals surface area (Å²) in [7, 11) is 0. The average molecular weight is 276 g/mol. The van der Waals surface area contributed by atoms with Gasteiger partial charge in [-0.05, 0) is 38.0 Å². The third-order valence-corrected chi connectivity index (χ3v) is 3.40. The number of halogens is 1. The van der Waals surface area contributed by atoms with Gasteiger partial charge in [0.15, 0.2) is 0 Å². The van der Waals surface area contributed by atoms with E-state index in [0.29, 0.717) is 12.0 Å². The maximum absolute atomic E-state index is 13.7. The number of benzene rings is 1. The molecule has 1 heterocycles. The number of hydrazine groups is 1. The molecule has 20 heavy (non-hydrogen) atoms. The maximum Gasteiger partial charge on any atom is 0.126 e. The van der Waals surface area contributed by atoms with Gasteiger partial charge in [0, 0.05) is 24.7 Å². The minimum atomic E-state index is -0.187. The number of aryl methyl sites for hydroxylation is 2. The van der Waals surface area contributed by atoms with E-state index in [1.807, 2.05) is 17.7 Å². The molecule has 0 fully saturated rings. The van der Waals surface area contributed by atoms with Crippen LogP contribution in [-0.2, 0) is 19.4 Å². The first kappa shape index (κ1) is 14.7. The van der Waals surface area contributed by atoms with Crippen molar-refractivity contribution in [1.29, 1.82) is 0 Å². The third kappa shape index (κ3) is 3.43. The van der Waals surface area contributed by atoms with Crippen LogP contribution in [0, 0.1) is 12.7 Å². The van der Waals surface area contributed by atoms with Gasteiger partial charge in [0.25, 0.3) is 0 Å². The monoisotopic (exact) mass is 276 g/mol. The maximum atomic E-state index is 13.7. The summed E-state index contributed by atoms with van der Waals surface area (Å²) < 4.78 is 15.6. The molecule has 0 amide bonds. The van der Waals surface area contributed by atoms with Crippen molar-refractivity contribution in [2.24, 2.45) is 5.84 Å². The Balaban J connectivity index is 2.11. The van der Waals surface area contributed by atoms with Crippen LogP contribution in [0.1, 0.15) is 23.9 Å². The van der Waals surface area contributed by atoms with Crippen molar-refractivity contribution in [2.45, 2.75) is 39.3 Å². The summed E-state index contributed by atoms with van der Waals surface area (Å²) in [5, 5.41) is 4.42. The van der Waals surface area contributed by atoms with Gasteiger partial charge in [0.05, 0.1) is 5.69 Å². The standard InChI is InChI=1S/C15H21FN4/c1-3-20-14(8-11(2)19-20)10-13(18-17)9-12-6-4-5-7-15(12)16/h4-8,13,18H,3,9-10,17H2,1-2H3. The fourth-order valence-corrected chi connectivity index (χ4v) is 2.41. The number of nitrogens with one attached hydrogen (secondary N) is 1. The molecule has 1 atom stereocenters. The lowest BCUT2D eigenvalue weighted by Gasteiger charge is -2.17. The smallest absolute Gasteiger partial charge is 0.126 e. The van der Waals surface area contributed by atoms with Gasteiger partial charge in [0.1, 0.15) is 5.82 Å². The molecule has 108 valence electrons. The predicted octanol–water partition coefficient (Wildman–Crippen LogP) is 1.97. The number of nitrogens with zero attached hydrogens (tertiary/aromatic N) is 2. The van der Waals surface area contributed by atoms with E-state index < -0.39 is 0 Å². The van der Waals surface area contributed by atoms with E-state index in [1.54, 1.807) is 12.1 Å². The van der Waals surface area contributed by atoms with E-state index in [0.717, 1.165) is 24.4 Å². The molecule has 1 aromatic carbocycles. The van der Waals surface area contributed by atoms with E-state index in [4.69, 9.17) is 5.84 Å². The SMILES string of the molecule is CCn1nc(C)cc1CC(Cc1ccccc1F)NN. The van der Waals surface area contributed by atoms with Crippen LogP contribution in [-0.4, -0.2) is 15.8 Å². The van der Waals surface area contributed by atoms with Gasteiger partial charge in [-0.15, -0.1) is 0 Å². The summed E-state index contributed by atoms with van der Waals surface area (Å²) in [4.78, 5) is 0. The Labute approximate surface area is 118 Å². The number of hydrogen-bond donors (Lipinski definition) is 2. The van der Waals surface area contributed by atoms with Gasteiger partial charge in [-0.1, -0.05) is 18.2 Å². The Bertz CT molecular complexity index is 565. The Morgan fingerprint density at radius 3 is 2.75 bits per heavy atom. The first-order valence-corrected chi connectivity index (χ1v) is 6.87. The molecular formula is C15H21FN4. The van der Waals surface area contributed by atoms with Crippen LogP contribution in [0.4, 0.5) is 4.39 Å². The molecule has 0 spiro atoms. The quantitative estimate of drug-likeness (QED) is 0.626. The van der Waals surface area contributed by atoms with Gasteiger partial charge >= 0.3 is 0 Å². The number of nitrogens with two attached hydrogens (primary N) is 1. The van der Waals surface area contributed by atoms with E-state index in [1.165, 1.54) is 6.07 Å². The van der Waals surface area contributed by atoms with Crippen molar-refractivity contribution in [1.82, 2.24) is 15.2 Å².